The van der Waals surface area contributed by atoms with Crippen LogP contribution in [0.5, 0.6) is 5.75 Å². The molecule has 1 aromatic carbocycles. The number of methoxy groups -OCH3 is 1. The molecule has 6 nitrogen and oxygen atoms in total. The Labute approximate surface area is 151 Å². The van der Waals surface area contributed by atoms with E-state index in [1.54, 1.807) is 0 Å². The Kier molecular flexibility index (Phi) is 4.49. The fourth-order valence-electron chi connectivity index (χ4n) is 3.53. The molecule has 7 heteroatoms. The lowest BCUT2D eigenvalue weighted by atomic mass is 9.87. The van der Waals surface area contributed by atoms with Crippen molar-refractivity contribution in [1.29, 1.82) is 0 Å². The van der Waals surface area contributed by atoms with E-state index in [-0.39, 0.29) is 36.2 Å². The third-order valence-electron chi connectivity index (χ3n) is 4.70. The summed E-state index contributed by atoms with van der Waals surface area (Å²) < 4.78 is 33.7. The number of hydrogen-bond acceptors (Lipinski definition) is 6. The van der Waals surface area contributed by atoms with Gasteiger partial charge in [-0.3, -0.25) is 9.69 Å². The molecule has 2 aliphatic rings. The predicted octanol–water partition coefficient (Wildman–Crippen LogP) is 2.00. The van der Waals surface area contributed by atoms with Gasteiger partial charge in [-0.15, -0.1) is 12.4 Å². The first-order valence-electron chi connectivity index (χ1n) is 9.08. The van der Waals surface area contributed by atoms with Crippen LogP contribution in [0.3, 0.4) is 0 Å². The molecule has 4 atom stereocenters. The number of aromatic hydroxyl groups is 1. The molecular weight excluding hydrogens is 334 g/mol. The zero-order valence-electron chi connectivity index (χ0n) is 16.2. The van der Waals surface area contributed by atoms with E-state index in [4.69, 9.17) is 13.6 Å². The van der Waals surface area contributed by atoms with Crippen molar-refractivity contribution in [2.75, 3.05) is 14.1 Å². The number of hydrogen-bond donors (Lipinski definition) is 1. The van der Waals surface area contributed by atoms with Crippen molar-refractivity contribution >= 4 is 24.3 Å². The molecular formula is C17H22ClNO5. The largest absolute Gasteiger partial charge is 0.508 e. The number of rotatable bonds is 3. The Bertz CT molecular complexity index is 697. The van der Waals surface area contributed by atoms with E-state index in [0.29, 0.717) is 12.8 Å². The van der Waals surface area contributed by atoms with Crippen molar-refractivity contribution in [1.82, 2.24) is 4.90 Å². The number of nitrogens with zero attached hydrogens (tertiary/aromatic N) is 1. The Morgan fingerprint density at radius 2 is 2.00 bits per heavy atom. The fraction of sp³-hybridized carbons (Fsp3) is 0.529. The minimum Gasteiger partial charge on any atom is -0.508 e. The van der Waals surface area contributed by atoms with Gasteiger partial charge >= 0.3 is 11.9 Å². The van der Waals surface area contributed by atoms with Gasteiger partial charge < -0.3 is 14.6 Å². The molecule has 0 spiro atoms. The Hall–Kier alpha value is -1.79. The van der Waals surface area contributed by atoms with Crippen LogP contribution in [0, 0.1) is 5.92 Å². The molecule has 0 aromatic heterocycles. The van der Waals surface area contributed by atoms with Gasteiger partial charge in [-0.25, -0.2) is 4.79 Å². The molecule has 132 valence electrons. The standard InChI is InChI=1S/C17H21NO5.ClH/c1-18-11-5-8-13(18)15(17(21)22-2)14(9-11)23-16(20)10-3-6-12(19)7-4-10;/h3-4,6-7,11,13-15,19H,5,8-9H2,1-2H3;1H/t11-,13+,14-,15+;/m0./s1/i1D3;. The van der Waals surface area contributed by atoms with Crippen LogP contribution < -0.4 is 0 Å². The maximum atomic E-state index is 12.4. The van der Waals surface area contributed by atoms with Crippen molar-refractivity contribution in [3.63, 3.8) is 0 Å². The number of fused-ring (bicyclic) bond motifs is 2. The summed E-state index contributed by atoms with van der Waals surface area (Å²) in [5.41, 5.74) is 0.247. The number of ether oxygens (including phenoxy) is 2. The van der Waals surface area contributed by atoms with E-state index >= 15 is 0 Å². The van der Waals surface area contributed by atoms with E-state index in [2.05, 4.69) is 0 Å². The quantitative estimate of drug-likeness (QED) is 0.833. The van der Waals surface area contributed by atoms with Crippen molar-refractivity contribution in [3.05, 3.63) is 29.8 Å². The number of phenolic OH excluding ortho intramolecular Hbond substituents is 1. The van der Waals surface area contributed by atoms with E-state index in [0.717, 1.165) is 0 Å². The molecule has 0 unspecified atom stereocenters. The first-order chi connectivity index (χ1) is 12.2. The van der Waals surface area contributed by atoms with Crippen molar-refractivity contribution in [2.24, 2.45) is 5.92 Å². The number of halogens is 1. The minimum absolute atomic E-state index is 0. The summed E-state index contributed by atoms with van der Waals surface area (Å²) in [5, 5.41) is 9.32. The molecule has 24 heavy (non-hydrogen) atoms. The SMILES string of the molecule is Cl.[2H]C([2H])([2H])N1[C@H]2CC[C@@H]1[C@@H](C(=O)OC)[C@@H](OC(=O)c1ccc(O)cc1)C2. The van der Waals surface area contributed by atoms with Crippen molar-refractivity contribution in [3.8, 4) is 5.75 Å². The molecule has 1 aromatic rings. The summed E-state index contributed by atoms with van der Waals surface area (Å²) >= 11 is 0. The number of carbonyl (C=O) groups is 2. The number of phenols is 1. The molecule has 0 aliphatic carbocycles. The van der Waals surface area contributed by atoms with Crippen LogP contribution in [-0.2, 0) is 14.3 Å². The maximum Gasteiger partial charge on any atom is 0.338 e. The first kappa shape index (κ1) is 14.5. The van der Waals surface area contributed by atoms with Crippen LogP contribution in [-0.4, -0.2) is 54.2 Å². The molecule has 0 amide bonds. The second-order valence-electron chi connectivity index (χ2n) is 5.98. The Morgan fingerprint density at radius 3 is 2.62 bits per heavy atom. The first-order valence-corrected chi connectivity index (χ1v) is 7.58. The second-order valence-corrected chi connectivity index (χ2v) is 5.98. The molecule has 3 rings (SSSR count). The third kappa shape index (κ3) is 3.35. The summed E-state index contributed by atoms with van der Waals surface area (Å²) in [6.45, 7) is -2.32. The van der Waals surface area contributed by atoms with Crippen LogP contribution in [0.2, 0.25) is 0 Å². The lowest BCUT2D eigenvalue weighted by molar-refractivity contribution is -0.156. The van der Waals surface area contributed by atoms with Gasteiger partial charge in [0.2, 0.25) is 0 Å². The molecule has 2 saturated heterocycles. The monoisotopic (exact) mass is 358 g/mol. The van der Waals surface area contributed by atoms with Crippen LogP contribution in [0.1, 0.15) is 33.7 Å². The summed E-state index contributed by atoms with van der Waals surface area (Å²) in [4.78, 5) is 26.1. The van der Waals surface area contributed by atoms with E-state index in [1.807, 2.05) is 0 Å². The lowest BCUT2D eigenvalue weighted by Gasteiger charge is -2.40. The van der Waals surface area contributed by atoms with E-state index < -0.39 is 37.0 Å². The lowest BCUT2D eigenvalue weighted by Crippen LogP contribution is -2.53. The fourth-order valence-corrected chi connectivity index (χ4v) is 3.53. The smallest absolute Gasteiger partial charge is 0.338 e. The zero-order valence-corrected chi connectivity index (χ0v) is 14.0. The molecule has 0 saturated carbocycles. The predicted molar refractivity (Wildman–Crippen MR) is 89.3 cm³/mol. The van der Waals surface area contributed by atoms with Gasteiger partial charge in [0.05, 0.1) is 12.7 Å². The highest BCUT2D eigenvalue weighted by Gasteiger charge is 2.50. The molecule has 2 heterocycles. The van der Waals surface area contributed by atoms with Gasteiger partial charge in [0.1, 0.15) is 17.8 Å². The van der Waals surface area contributed by atoms with E-state index in [1.165, 1.54) is 36.3 Å². The summed E-state index contributed by atoms with van der Waals surface area (Å²) in [5.74, 6) is -2.02. The van der Waals surface area contributed by atoms with Gasteiger partial charge in [-0.05, 0) is 44.1 Å². The van der Waals surface area contributed by atoms with Crippen LogP contribution >= 0.6 is 12.4 Å². The van der Waals surface area contributed by atoms with Crippen LogP contribution in [0.25, 0.3) is 0 Å². The summed E-state index contributed by atoms with van der Waals surface area (Å²) in [7, 11) is 1.24. The summed E-state index contributed by atoms with van der Waals surface area (Å²) in [6.07, 6.45) is 0.679. The van der Waals surface area contributed by atoms with Crippen molar-refractivity contribution in [2.45, 2.75) is 37.5 Å². The van der Waals surface area contributed by atoms with Crippen LogP contribution in [0.4, 0.5) is 0 Å². The number of piperidine rings is 1. The molecule has 1 N–H and O–H groups in total. The van der Waals surface area contributed by atoms with Gasteiger partial charge in [-0.1, -0.05) is 0 Å². The minimum atomic E-state index is -2.32. The summed E-state index contributed by atoms with van der Waals surface area (Å²) in [6, 6.07) is 4.77. The Balaban J connectivity index is 0.00000261. The average molecular weight is 359 g/mol. The van der Waals surface area contributed by atoms with Gasteiger partial charge in [0.15, 0.2) is 0 Å². The highest BCUT2D eigenvalue weighted by Crippen LogP contribution is 2.40. The number of esters is 2. The number of carbonyl (C=O) groups excluding carboxylic acids is 2. The van der Waals surface area contributed by atoms with Crippen LogP contribution in [0.15, 0.2) is 24.3 Å². The maximum absolute atomic E-state index is 12.4. The average Bonchev–Trinajstić information content (AvgIpc) is 2.91. The third-order valence-corrected chi connectivity index (χ3v) is 4.70. The topological polar surface area (TPSA) is 76.1 Å². The van der Waals surface area contributed by atoms with Crippen molar-refractivity contribution < 1.29 is 28.3 Å². The zero-order chi connectivity index (χ0) is 19.1. The normalized spacial score (nSPS) is 31.1. The molecule has 0 radical (unpaired) electrons. The molecule has 2 aliphatic heterocycles. The molecule has 2 bridgehead atoms. The van der Waals surface area contributed by atoms with E-state index in [9.17, 15) is 14.7 Å². The van der Waals surface area contributed by atoms with Gasteiger partial charge in [-0.2, -0.15) is 0 Å². The Morgan fingerprint density at radius 1 is 1.29 bits per heavy atom. The highest BCUT2D eigenvalue weighted by atomic mass is 35.5. The second kappa shape index (κ2) is 7.40. The van der Waals surface area contributed by atoms with Gasteiger partial charge in [0, 0.05) is 22.6 Å². The molecule has 2 fully saturated rings. The highest BCUT2D eigenvalue weighted by molar-refractivity contribution is 5.90. The van der Waals surface area contributed by atoms with Gasteiger partial charge in [0.25, 0.3) is 0 Å². The number of benzene rings is 1.